The van der Waals surface area contributed by atoms with Crippen molar-refractivity contribution >= 4 is 34.3 Å². The third-order valence-electron chi connectivity index (χ3n) is 4.25. The van der Waals surface area contributed by atoms with Crippen LogP contribution in [0.4, 0.5) is 5.69 Å². The molecule has 1 aromatic heterocycles. The van der Waals surface area contributed by atoms with Crippen LogP contribution in [0.3, 0.4) is 0 Å². The van der Waals surface area contributed by atoms with Gasteiger partial charge in [0.1, 0.15) is 16.5 Å². The molecule has 0 bridgehead atoms. The van der Waals surface area contributed by atoms with Crippen molar-refractivity contribution in [2.24, 2.45) is 5.10 Å². The largest absolute Gasteiger partial charge is 0.507 e. The van der Waals surface area contributed by atoms with E-state index in [0.717, 1.165) is 10.8 Å². The highest BCUT2D eigenvalue weighted by Gasteiger charge is 2.10. The Balaban J connectivity index is 1.64. The van der Waals surface area contributed by atoms with Gasteiger partial charge in [0.15, 0.2) is 0 Å². The first-order valence-electron chi connectivity index (χ1n) is 8.48. The van der Waals surface area contributed by atoms with Crippen LogP contribution in [-0.2, 0) is 0 Å². The maximum absolute atomic E-state index is 12.5. The molecule has 0 radical (unpaired) electrons. The number of para-hydroxylation sites is 1. The van der Waals surface area contributed by atoms with Gasteiger partial charge in [0, 0.05) is 5.56 Å². The van der Waals surface area contributed by atoms with Crippen LogP contribution in [0.2, 0.25) is 5.02 Å². The van der Waals surface area contributed by atoms with Crippen LogP contribution < -0.4 is 11.0 Å². The number of phenolic OH excluding ortho intramolecular Hbond substituents is 1. The number of rotatable bonds is 4. The van der Waals surface area contributed by atoms with Crippen LogP contribution in [0.5, 0.6) is 5.75 Å². The summed E-state index contributed by atoms with van der Waals surface area (Å²) in [6, 6.07) is 20.1. The number of anilines is 1. The lowest BCUT2D eigenvalue weighted by Crippen LogP contribution is -2.22. The van der Waals surface area contributed by atoms with Gasteiger partial charge in [-0.3, -0.25) is 10.2 Å². The topological polar surface area (TPSA) is 79.5 Å². The van der Waals surface area contributed by atoms with Crippen LogP contribution in [-0.4, -0.2) is 21.1 Å². The number of aromatic nitrogens is 2. The Labute approximate surface area is 165 Å². The van der Waals surface area contributed by atoms with Crippen LogP contribution in [0.15, 0.2) is 82.8 Å². The van der Waals surface area contributed by atoms with E-state index in [4.69, 9.17) is 11.6 Å². The minimum absolute atomic E-state index is 0.0295. The van der Waals surface area contributed by atoms with Gasteiger partial charge in [-0.15, -0.1) is 0 Å². The number of aromatic hydroxyl groups is 1. The van der Waals surface area contributed by atoms with Crippen molar-refractivity contribution in [1.82, 2.24) is 9.78 Å². The number of nitrogens with zero attached hydrogens (tertiary/aromatic N) is 3. The van der Waals surface area contributed by atoms with Gasteiger partial charge >= 0.3 is 0 Å². The summed E-state index contributed by atoms with van der Waals surface area (Å²) in [5, 5.41) is 20.2. The predicted octanol–water partition coefficient (Wildman–Crippen LogP) is 4.19. The molecule has 0 fully saturated rings. The van der Waals surface area contributed by atoms with E-state index < -0.39 is 5.56 Å². The summed E-state index contributed by atoms with van der Waals surface area (Å²) in [5.74, 6) is 0.105. The Morgan fingerprint density at radius 2 is 1.79 bits per heavy atom. The Kier molecular flexibility index (Phi) is 4.78. The smallest absolute Gasteiger partial charge is 0.292 e. The molecule has 0 saturated carbocycles. The molecule has 138 valence electrons. The predicted molar refractivity (Wildman–Crippen MR) is 112 cm³/mol. The lowest BCUT2D eigenvalue weighted by atomic mass is 10.0. The van der Waals surface area contributed by atoms with E-state index in [2.05, 4.69) is 15.6 Å². The zero-order valence-electron chi connectivity index (χ0n) is 14.6. The van der Waals surface area contributed by atoms with Crippen molar-refractivity contribution in [3.63, 3.8) is 0 Å². The molecule has 7 heteroatoms. The van der Waals surface area contributed by atoms with Gasteiger partial charge in [0.25, 0.3) is 5.56 Å². The molecular formula is C21H15ClN4O2. The fourth-order valence-corrected chi connectivity index (χ4v) is 3.02. The van der Waals surface area contributed by atoms with Gasteiger partial charge in [0.05, 0.1) is 18.1 Å². The van der Waals surface area contributed by atoms with Crippen LogP contribution in [0, 0.1) is 0 Å². The van der Waals surface area contributed by atoms with Crippen LogP contribution in [0.1, 0.15) is 5.56 Å². The van der Waals surface area contributed by atoms with Crippen molar-refractivity contribution in [3.05, 3.63) is 93.9 Å². The van der Waals surface area contributed by atoms with Gasteiger partial charge in [0.2, 0.25) is 0 Å². The molecule has 0 saturated heterocycles. The molecule has 0 amide bonds. The SMILES string of the molecule is O=c1c(Cl)c(N/N=C/c2c(O)ccc3ccccc23)cnn1-c1ccccc1. The molecule has 6 nitrogen and oxygen atoms in total. The molecule has 0 atom stereocenters. The van der Waals surface area contributed by atoms with Crippen molar-refractivity contribution in [1.29, 1.82) is 0 Å². The number of fused-ring (bicyclic) bond motifs is 1. The number of hydrogen-bond donors (Lipinski definition) is 2. The fraction of sp³-hybridized carbons (Fsp3) is 0. The molecule has 4 aromatic rings. The fourth-order valence-electron chi connectivity index (χ4n) is 2.85. The summed E-state index contributed by atoms with van der Waals surface area (Å²) in [4.78, 5) is 12.5. The average Bonchev–Trinajstić information content (AvgIpc) is 2.73. The lowest BCUT2D eigenvalue weighted by molar-refractivity contribution is 0.475. The highest BCUT2D eigenvalue weighted by atomic mass is 35.5. The molecule has 4 rings (SSSR count). The molecule has 1 heterocycles. The second kappa shape index (κ2) is 7.54. The summed E-state index contributed by atoms with van der Waals surface area (Å²) in [6.45, 7) is 0. The maximum Gasteiger partial charge on any atom is 0.292 e. The number of phenols is 1. The number of nitrogens with one attached hydrogen (secondary N) is 1. The van der Waals surface area contributed by atoms with Crippen molar-refractivity contribution in [3.8, 4) is 11.4 Å². The Morgan fingerprint density at radius 3 is 2.61 bits per heavy atom. The number of hydrogen-bond acceptors (Lipinski definition) is 5. The number of hydrazone groups is 1. The molecule has 2 N–H and O–H groups in total. The van der Waals surface area contributed by atoms with Crippen LogP contribution >= 0.6 is 11.6 Å². The van der Waals surface area contributed by atoms with E-state index in [9.17, 15) is 9.90 Å². The standard InChI is InChI=1S/C21H15ClN4O2/c22-20-18(13-24-26(21(20)28)15-7-2-1-3-8-15)25-23-12-17-16-9-5-4-6-14(16)10-11-19(17)27/h1-13,25,27H/b23-12+. The molecule has 28 heavy (non-hydrogen) atoms. The number of halogens is 1. The first kappa shape index (κ1) is 17.8. The second-order valence-corrected chi connectivity index (χ2v) is 6.39. The van der Waals surface area contributed by atoms with E-state index in [0.29, 0.717) is 11.3 Å². The van der Waals surface area contributed by atoms with Gasteiger partial charge < -0.3 is 5.11 Å². The highest BCUT2D eigenvalue weighted by Crippen LogP contribution is 2.25. The molecule has 3 aromatic carbocycles. The summed E-state index contributed by atoms with van der Waals surface area (Å²) in [6.07, 6.45) is 2.91. The van der Waals surface area contributed by atoms with Crippen LogP contribution in [0.25, 0.3) is 16.5 Å². The first-order valence-corrected chi connectivity index (χ1v) is 8.86. The third-order valence-corrected chi connectivity index (χ3v) is 4.61. The quantitative estimate of drug-likeness (QED) is 0.404. The molecule has 0 aliphatic carbocycles. The van der Waals surface area contributed by atoms with E-state index in [1.165, 1.54) is 17.1 Å². The second-order valence-electron chi connectivity index (χ2n) is 6.01. The summed E-state index contributed by atoms with van der Waals surface area (Å²) in [7, 11) is 0. The van der Waals surface area contributed by atoms with Gasteiger partial charge in [-0.05, 0) is 29.0 Å². The normalized spacial score (nSPS) is 11.2. The van der Waals surface area contributed by atoms with E-state index in [1.807, 2.05) is 48.5 Å². The van der Waals surface area contributed by atoms with Gasteiger partial charge in [-0.1, -0.05) is 60.1 Å². The summed E-state index contributed by atoms with van der Waals surface area (Å²) >= 11 is 6.20. The summed E-state index contributed by atoms with van der Waals surface area (Å²) in [5.41, 5.74) is 3.72. The van der Waals surface area contributed by atoms with E-state index >= 15 is 0 Å². The zero-order valence-corrected chi connectivity index (χ0v) is 15.3. The highest BCUT2D eigenvalue weighted by molar-refractivity contribution is 6.33. The molecule has 0 aliphatic heterocycles. The van der Waals surface area contributed by atoms with Gasteiger partial charge in [-0.2, -0.15) is 14.9 Å². The molecular weight excluding hydrogens is 376 g/mol. The number of benzene rings is 3. The minimum atomic E-state index is -0.457. The Hall–Kier alpha value is -3.64. The van der Waals surface area contributed by atoms with Crippen molar-refractivity contribution < 1.29 is 5.11 Å². The first-order chi connectivity index (χ1) is 13.6. The average molecular weight is 391 g/mol. The monoisotopic (exact) mass is 390 g/mol. The molecule has 0 spiro atoms. The van der Waals surface area contributed by atoms with Crippen molar-refractivity contribution in [2.75, 3.05) is 5.43 Å². The van der Waals surface area contributed by atoms with Crippen molar-refractivity contribution in [2.45, 2.75) is 0 Å². The maximum atomic E-state index is 12.5. The minimum Gasteiger partial charge on any atom is -0.507 e. The zero-order chi connectivity index (χ0) is 19.5. The van der Waals surface area contributed by atoms with E-state index in [-0.39, 0.29) is 16.5 Å². The Bertz CT molecular complexity index is 1240. The van der Waals surface area contributed by atoms with Gasteiger partial charge in [-0.25, -0.2) is 0 Å². The molecule has 0 aliphatic rings. The lowest BCUT2D eigenvalue weighted by Gasteiger charge is -2.08. The Morgan fingerprint density at radius 1 is 1.04 bits per heavy atom. The van der Waals surface area contributed by atoms with E-state index in [1.54, 1.807) is 18.2 Å². The molecule has 0 unspecified atom stereocenters. The summed E-state index contributed by atoms with van der Waals surface area (Å²) < 4.78 is 1.22. The third kappa shape index (κ3) is 3.33.